The molecular weight excluding hydrogens is 228 g/mol. The molecule has 0 aromatic rings. The molecule has 0 fully saturated rings. The molecule has 0 unspecified atom stereocenters. The van der Waals surface area contributed by atoms with Crippen molar-refractivity contribution in [3.8, 4) is 0 Å². The van der Waals surface area contributed by atoms with E-state index in [1.807, 2.05) is 0 Å². The van der Waals surface area contributed by atoms with Gasteiger partial charge in [-0.3, -0.25) is 9.11 Å². The topological polar surface area (TPSA) is 113 Å². The van der Waals surface area contributed by atoms with Gasteiger partial charge in [0.05, 0.1) is 26.4 Å². The second-order valence-electron chi connectivity index (χ2n) is 2.40. The van der Waals surface area contributed by atoms with Crippen LogP contribution in [0.5, 0.6) is 0 Å². The van der Waals surface area contributed by atoms with Crippen LogP contribution < -0.4 is 0 Å². The van der Waals surface area contributed by atoms with Crippen LogP contribution in [0.3, 0.4) is 0 Å². The molecule has 7 nitrogen and oxygen atoms in total. The molecule has 0 bridgehead atoms. The van der Waals surface area contributed by atoms with E-state index in [1.54, 1.807) is 0 Å². The predicted octanol–water partition coefficient (Wildman–Crippen LogP) is -0.231. The first-order valence-corrected chi connectivity index (χ1v) is 5.77. The maximum absolute atomic E-state index is 8.74. The molecule has 0 saturated carbocycles. The third-order valence-corrected chi connectivity index (χ3v) is 0.956. The van der Waals surface area contributed by atoms with Gasteiger partial charge in [0.15, 0.2) is 0 Å². The molecule has 0 aromatic carbocycles. The van der Waals surface area contributed by atoms with Crippen molar-refractivity contribution in [2.24, 2.45) is 0 Å². The van der Waals surface area contributed by atoms with Gasteiger partial charge in [0.1, 0.15) is 0 Å². The summed E-state index contributed by atoms with van der Waals surface area (Å²) in [5.74, 6) is 0. The van der Waals surface area contributed by atoms with Gasteiger partial charge in [-0.2, -0.15) is 8.42 Å². The van der Waals surface area contributed by atoms with E-state index in [0.717, 1.165) is 13.0 Å². The van der Waals surface area contributed by atoms with Gasteiger partial charge in [-0.1, -0.05) is 6.92 Å². The maximum atomic E-state index is 8.74. The molecule has 0 aliphatic rings. The summed E-state index contributed by atoms with van der Waals surface area (Å²) in [5, 5.41) is 8.30. The minimum Gasteiger partial charge on any atom is -0.394 e. The van der Waals surface area contributed by atoms with Gasteiger partial charge >= 0.3 is 10.4 Å². The summed E-state index contributed by atoms with van der Waals surface area (Å²) in [6.07, 6.45) is 1.04. The third-order valence-electron chi connectivity index (χ3n) is 0.956. The highest BCUT2D eigenvalue weighted by molar-refractivity contribution is 7.79. The van der Waals surface area contributed by atoms with Crippen LogP contribution in [0.2, 0.25) is 0 Å². The number of hydrogen-bond donors (Lipinski definition) is 3. The Bertz CT molecular complexity index is 185. The van der Waals surface area contributed by atoms with Crippen LogP contribution in [0.1, 0.15) is 13.3 Å². The molecule has 0 rings (SSSR count). The summed E-state index contributed by atoms with van der Waals surface area (Å²) < 4.78 is 41.7. The predicted molar refractivity (Wildman–Crippen MR) is 53.2 cm³/mol. The quantitative estimate of drug-likeness (QED) is 0.420. The normalized spacial score (nSPS) is 10.7. The largest absolute Gasteiger partial charge is 0.394 e. The number of hydrogen-bond acceptors (Lipinski definition) is 5. The molecule has 0 spiro atoms. The van der Waals surface area contributed by atoms with E-state index in [1.165, 1.54) is 0 Å². The zero-order valence-corrected chi connectivity index (χ0v) is 9.44. The van der Waals surface area contributed by atoms with Gasteiger partial charge in [0.2, 0.25) is 0 Å². The fraction of sp³-hybridized carbons (Fsp3) is 1.00. The molecule has 0 aliphatic carbocycles. The first-order valence-electron chi connectivity index (χ1n) is 4.38. The van der Waals surface area contributed by atoms with Crippen molar-refractivity contribution < 1.29 is 32.1 Å². The number of rotatable bonds is 7. The fourth-order valence-corrected chi connectivity index (χ4v) is 0.531. The summed E-state index contributed by atoms with van der Waals surface area (Å²) in [4.78, 5) is 0. The Morgan fingerprint density at radius 1 is 1.00 bits per heavy atom. The van der Waals surface area contributed by atoms with Crippen molar-refractivity contribution >= 4 is 10.4 Å². The van der Waals surface area contributed by atoms with Crippen molar-refractivity contribution in [2.45, 2.75) is 13.3 Å². The molecule has 15 heavy (non-hydrogen) atoms. The Labute approximate surface area is 89.6 Å². The van der Waals surface area contributed by atoms with Gasteiger partial charge in [0.25, 0.3) is 0 Å². The van der Waals surface area contributed by atoms with E-state index >= 15 is 0 Å². The molecule has 8 heteroatoms. The third kappa shape index (κ3) is 41.7. The van der Waals surface area contributed by atoms with E-state index in [-0.39, 0.29) is 6.61 Å². The highest BCUT2D eigenvalue weighted by Gasteiger charge is 1.86. The van der Waals surface area contributed by atoms with Crippen LogP contribution in [-0.2, 0) is 19.9 Å². The molecule has 0 aliphatic heterocycles. The number of ether oxygens (including phenoxy) is 2. The average molecular weight is 246 g/mol. The van der Waals surface area contributed by atoms with Gasteiger partial charge in [0, 0.05) is 6.61 Å². The smallest absolute Gasteiger partial charge is 0.394 e. The monoisotopic (exact) mass is 246 g/mol. The minimum atomic E-state index is -4.67. The summed E-state index contributed by atoms with van der Waals surface area (Å²) in [6.45, 7) is 4.58. The zero-order chi connectivity index (χ0) is 12.2. The highest BCUT2D eigenvalue weighted by Crippen LogP contribution is 1.80. The van der Waals surface area contributed by atoms with Gasteiger partial charge < -0.3 is 14.6 Å². The van der Waals surface area contributed by atoms with E-state index in [0.29, 0.717) is 19.8 Å². The lowest BCUT2D eigenvalue weighted by molar-refractivity contribution is 0.0333. The maximum Gasteiger partial charge on any atom is 0.394 e. The lowest BCUT2D eigenvalue weighted by Gasteiger charge is -2.02. The summed E-state index contributed by atoms with van der Waals surface area (Å²) >= 11 is 0. The van der Waals surface area contributed by atoms with Crippen molar-refractivity contribution in [1.29, 1.82) is 0 Å². The van der Waals surface area contributed by atoms with Gasteiger partial charge in [-0.15, -0.1) is 0 Å². The van der Waals surface area contributed by atoms with E-state index in [9.17, 15) is 0 Å². The van der Waals surface area contributed by atoms with Crippen LogP contribution in [0, 0.1) is 0 Å². The summed E-state index contributed by atoms with van der Waals surface area (Å²) in [6, 6.07) is 0. The lowest BCUT2D eigenvalue weighted by atomic mass is 10.5. The molecule has 0 atom stereocenters. The fourth-order valence-electron chi connectivity index (χ4n) is 0.531. The minimum absolute atomic E-state index is 0.0910. The summed E-state index contributed by atoms with van der Waals surface area (Å²) in [5.41, 5.74) is 0. The molecule has 0 amide bonds. The van der Waals surface area contributed by atoms with E-state index in [2.05, 4.69) is 6.92 Å². The van der Waals surface area contributed by atoms with Crippen molar-refractivity contribution in [3.63, 3.8) is 0 Å². The molecule has 0 heterocycles. The molecule has 0 radical (unpaired) electrons. The molecule has 94 valence electrons. The standard InChI is InChI=1S/C7H16O3.H2O4S/c1-2-4-9-6-7-10-5-3-8;1-5(2,3)4/h8H,2-7H2,1H3;(H2,1,2,3,4). The van der Waals surface area contributed by atoms with Crippen molar-refractivity contribution in [1.82, 2.24) is 0 Å². The highest BCUT2D eigenvalue weighted by atomic mass is 32.3. The molecular formula is C7H18O7S. The lowest BCUT2D eigenvalue weighted by Crippen LogP contribution is -2.07. The average Bonchev–Trinajstić information content (AvgIpc) is 2.08. The number of aliphatic hydroxyl groups excluding tert-OH is 1. The van der Waals surface area contributed by atoms with Crippen LogP contribution in [0.25, 0.3) is 0 Å². The Balaban J connectivity index is 0. The first kappa shape index (κ1) is 17.2. The SMILES string of the molecule is CCCOCCOCCO.O=S(=O)(O)O. The van der Waals surface area contributed by atoms with Crippen LogP contribution in [0.15, 0.2) is 0 Å². The zero-order valence-electron chi connectivity index (χ0n) is 8.63. The van der Waals surface area contributed by atoms with Gasteiger partial charge in [-0.25, -0.2) is 0 Å². The van der Waals surface area contributed by atoms with E-state index < -0.39 is 10.4 Å². The van der Waals surface area contributed by atoms with Crippen LogP contribution >= 0.6 is 0 Å². The van der Waals surface area contributed by atoms with Crippen LogP contribution in [-0.4, -0.2) is 55.7 Å². The van der Waals surface area contributed by atoms with Crippen LogP contribution in [0.4, 0.5) is 0 Å². The molecule has 0 aromatic heterocycles. The Hall–Kier alpha value is -0.250. The Kier molecular flexibility index (Phi) is 13.5. The second-order valence-corrected chi connectivity index (χ2v) is 3.29. The van der Waals surface area contributed by atoms with Crippen molar-refractivity contribution in [3.05, 3.63) is 0 Å². The Morgan fingerprint density at radius 2 is 1.40 bits per heavy atom. The Morgan fingerprint density at radius 3 is 1.73 bits per heavy atom. The molecule has 3 N–H and O–H groups in total. The molecule has 0 saturated heterocycles. The summed E-state index contributed by atoms with van der Waals surface area (Å²) in [7, 11) is -4.67. The van der Waals surface area contributed by atoms with Gasteiger partial charge in [-0.05, 0) is 6.42 Å². The second kappa shape index (κ2) is 11.8. The number of aliphatic hydroxyl groups is 1. The van der Waals surface area contributed by atoms with Crippen molar-refractivity contribution in [2.75, 3.05) is 33.0 Å². The first-order chi connectivity index (χ1) is 6.91. The van der Waals surface area contributed by atoms with E-state index in [4.69, 9.17) is 32.1 Å².